The predicted octanol–water partition coefficient (Wildman–Crippen LogP) is 6.79. The van der Waals surface area contributed by atoms with E-state index in [1.165, 1.54) is 11.6 Å². The van der Waals surface area contributed by atoms with E-state index in [-0.39, 0.29) is 11.7 Å². The molecule has 0 unspecified atom stereocenters. The summed E-state index contributed by atoms with van der Waals surface area (Å²) in [6.45, 7) is 14.0. The molecule has 0 saturated carbocycles. The molecule has 2 heterocycles. The quantitative estimate of drug-likeness (QED) is 0.120. The van der Waals surface area contributed by atoms with Crippen molar-refractivity contribution in [1.29, 1.82) is 0 Å². The summed E-state index contributed by atoms with van der Waals surface area (Å²) in [5, 5.41) is 27.9. The Morgan fingerprint density at radius 3 is 1.78 bits per heavy atom. The number of hydrogen-bond donors (Lipinski definition) is 5. The number of likely N-dealkylation sites (N-methyl/N-ethyl adjacent to an activating group) is 1. The van der Waals surface area contributed by atoms with Crippen molar-refractivity contribution >= 4 is 23.8 Å². The van der Waals surface area contributed by atoms with Gasteiger partial charge in [0.05, 0.1) is 39.3 Å². The van der Waals surface area contributed by atoms with Gasteiger partial charge in [0.15, 0.2) is 0 Å². The van der Waals surface area contributed by atoms with E-state index in [1.54, 1.807) is 6.07 Å². The Morgan fingerprint density at radius 2 is 1.25 bits per heavy atom. The van der Waals surface area contributed by atoms with Crippen LogP contribution >= 0.6 is 0 Å². The highest BCUT2D eigenvalue weighted by atomic mass is 19.4. The Kier molecular flexibility index (Phi) is 19.5. The van der Waals surface area contributed by atoms with Gasteiger partial charge in [-0.1, -0.05) is 36.4 Å². The molecule has 350 valence electrons. The normalized spacial score (nSPS) is 19.1. The minimum Gasteiger partial charge on any atom is -0.475 e. The van der Waals surface area contributed by atoms with Crippen LogP contribution in [0.5, 0.6) is 0 Å². The number of quaternary nitrogens is 1. The topological polar surface area (TPSA) is 160 Å². The third-order valence-corrected chi connectivity index (χ3v) is 9.93. The van der Waals surface area contributed by atoms with Gasteiger partial charge >= 0.3 is 36.4 Å². The Bertz CT molecular complexity index is 1950. The molecule has 5 rings (SSSR count). The van der Waals surface area contributed by atoms with E-state index in [4.69, 9.17) is 29.7 Å². The van der Waals surface area contributed by atoms with Gasteiger partial charge in [-0.05, 0) is 73.4 Å². The molecule has 0 aliphatic carbocycles. The van der Waals surface area contributed by atoms with Crippen molar-refractivity contribution in [2.75, 3.05) is 46.8 Å². The zero-order valence-electron chi connectivity index (χ0n) is 34.8. The molecular weight excluding hydrogens is 864 g/mol. The van der Waals surface area contributed by atoms with Gasteiger partial charge in [-0.15, -0.1) is 0 Å². The molecule has 12 nitrogen and oxygen atoms in total. The molecule has 2 fully saturated rings. The van der Waals surface area contributed by atoms with Gasteiger partial charge in [0, 0.05) is 56.4 Å². The smallest absolute Gasteiger partial charge is 0.475 e. The van der Waals surface area contributed by atoms with Crippen molar-refractivity contribution in [1.82, 2.24) is 20.4 Å². The van der Waals surface area contributed by atoms with Crippen LogP contribution in [-0.4, -0.2) is 137 Å². The fourth-order valence-corrected chi connectivity index (χ4v) is 6.42. The number of alkyl halides is 9. The number of carbonyl (C=O) groups excluding carboxylic acids is 1. The van der Waals surface area contributed by atoms with E-state index in [9.17, 15) is 48.7 Å². The molecule has 3 aromatic rings. The monoisotopic (exact) mass is 914 g/mol. The summed E-state index contributed by atoms with van der Waals surface area (Å²) in [6.07, 6.45) is -15.3. The van der Waals surface area contributed by atoms with Gasteiger partial charge in [0.2, 0.25) is 0 Å². The fraction of sp³-hybridized carbons (Fsp3) is 0.463. The highest BCUT2D eigenvalue weighted by molar-refractivity contribution is 5.94. The SMILES string of the molecule is C[C@@H]1CN(Cc2cccc(C(=O)NCc3ccc(F)c(-c4cccc(CN5CCN[C@@H](C)C5)c4)c3)c2)[C@@H](C)C[N+]1(C)C.O=C(O)C(F)(F)F.O=C(O)C(F)(F)F.O=C(O)C(F)(F)F. The Hall–Kier alpha value is -5.32. The number of benzene rings is 3. The average Bonchev–Trinajstić information content (AvgIpc) is 3.16. The van der Waals surface area contributed by atoms with Gasteiger partial charge in [0.1, 0.15) is 5.82 Å². The van der Waals surface area contributed by atoms with E-state index in [1.807, 2.05) is 36.4 Å². The number of carboxylic acid groups (broad SMARTS) is 3. The van der Waals surface area contributed by atoms with E-state index >= 15 is 0 Å². The van der Waals surface area contributed by atoms with Crippen LogP contribution in [0.2, 0.25) is 0 Å². The molecule has 22 heteroatoms. The summed E-state index contributed by atoms with van der Waals surface area (Å²) in [6, 6.07) is 22.7. The first-order chi connectivity index (χ1) is 28.9. The van der Waals surface area contributed by atoms with Crippen LogP contribution in [-0.2, 0) is 34.0 Å². The van der Waals surface area contributed by atoms with Gasteiger partial charge in [-0.3, -0.25) is 14.6 Å². The van der Waals surface area contributed by atoms with Gasteiger partial charge in [-0.25, -0.2) is 18.8 Å². The minimum atomic E-state index is -5.08. The van der Waals surface area contributed by atoms with Crippen molar-refractivity contribution in [3.05, 3.63) is 94.8 Å². The molecule has 63 heavy (non-hydrogen) atoms. The first-order valence-corrected chi connectivity index (χ1v) is 19.1. The lowest BCUT2D eigenvalue weighted by molar-refractivity contribution is -0.920. The molecule has 2 saturated heterocycles. The first-order valence-electron chi connectivity index (χ1n) is 19.1. The van der Waals surface area contributed by atoms with Gasteiger partial charge < -0.3 is 30.4 Å². The van der Waals surface area contributed by atoms with Crippen molar-refractivity contribution in [2.24, 2.45) is 0 Å². The summed E-state index contributed by atoms with van der Waals surface area (Å²) in [7, 11) is 4.61. The number of halogens is 10. The van der Waals surface area contributed by atoms with Crippen LogP contribution < -0.4 is 10.6 Å². The second-order valence-electron chi connectivity index (χ2n) is 15.5. The predicted molar refractivity (Wildman–Crippen MR) is 210 cm³/mol. The number of carboxylic acids is 3. The number of nitrogens with one attached hydrogen (secondary N) is 2. The summed E-state index contributed by atoms with van der Waals surface area (Å²) in [4.78, 5) is 44.8. The van der Waals surface area contributed by atoms with Gasteiger partial charge in [-0.2, -0.15) is 39.5 Å². The molecule has 3 aromatic carbocycles. The maximum absolute atomic E-state index is 15.0. The maximum Gasteiger partial charge on any atom is 0.490 e. The summed E-state index contributed by atoms with van der Waals surface area (Å²) < 4.78 is 111. The summed E-state index contributed by atoms with van der Waals surface area (Å²) in [5.41, 5.74) is 5.26. The summed E-state index contributed by atoms with van der Waals surface area (Å²) >= 11 is 0. The van der Waals surface area contributed by atoms with E-state index < -0.39 is 36.4 Å². The van der Waals surface area contributed by atoms with Crippen LogP contribution in [0, 0.1) is 5.82 Å². The molecule has 0 radical (unpaired) electrons. The maximum atomic E-state index is 15.0. The van der Waals surface area contributed by atoms with Crippen molar-refractivity contribution in [3.63, 3.8) is 0 Å². The Balaban J connectivity index is 0.000000536. The lowest BCUT2D eigenvalue weighted by Gasteiger charge is -2.47. The number of nitrogens with zero attached hydrogens (tertiary/aromatic N) is 3. The number of rotatable bonds is 8. The highest BCUT2D eigenvalue weighted by Crippen LogP contribution is 2.26. The molecule has 0 bridgehead atoms. The average molecular weight is 915 g/mol. The number of carbonyl (C=O) groups is 4. The molecule has 1 amide bonds. The van der Waals surface area contributed by atoms with Crippen LogP contribution in [0.15, 0.2) is 66.7 Å². The number of amides is 1. The second-order valence-corrected chi connectivity index (χ2v) is 15.5. The van der Waals surface area contributed by atoms with E-state index in [0.29, 0.717) is 35.8 Å². The number of aliphatic carboxylic acids is 3. The molecule has 3 atom stereocenters. The molecule has 2 aliphatic rings. The van der Waals surface area contributed by atoms with E-state index in [0.717, 1.165) is 67.0 Å². The van der Waals surface area contributed by atoms with Crippen molar-refractivity contribution < 1.29 is 82.9 Å². The Labute approximate surface area is 356 Å². The largest absolute Gasteiger partial charge is 0.490 e. The zero-order chi connectivity index (χ0) is 48.1. The molecule has 2 aliphatic heterocycles. The Morgan fingerprint density at radius 1 is 0.730 bits per heavy atom. The second kappa shape index (κ2) is 22.9. The minimum absolute atomic E-state index is 0.118. The van der Waals surface area contributed by atoms with Crippen molar-refractivity contribution in [3.8, 4) is 11.1 Å². The van der Waals surface area contributed by atoms with Gasteiger partial charge in [0.25, 0.3) is 5.91 Å². The lowest BCUT2D eigenvalue weighted by Crippen LogP contribution is -2.63. The molecular formula is C41H50F10N5O7+. The number of piperazine rings is 2. The van der Waals surface area contributed by atoms with E-state index in [2.05, 4.69) is 73.5 Å². The van der Waals surface area contributed by atoms with Crippen molar-refractivity contribution in [2.45, 2.75) is 77.1 Å². The zero-order valence-corrected chi connectivity index (χ0v) is 34.8. The van der Waals surface area contributed by atoms with Crippen LogP contribution in [0.1, 0.15) is 47.8 Å². The fourth-order valence-electron chi connectivity index (χ4n) is 6.42. The van der Waals surface area contributed by atoms with Crippen LogP contribution in [0.4, 0.5) is 43.9 Å². The summed E-state index contributed by atoms with van der Waals surface area (Å²) in [5.74, 6) is -8.64. The molecule has 0 aromatic heterocycles. The molecule has 5 N–H and O–H groups in total. The highest BCUT2D eigenvalue weighted by Gasteiger charge is 2.40. The third-order valence-electron chi connectivity index (χ3n) is 9.93. The third kappa shape index (κ3) is 18.5. The van der Waals surface area contributed by atoms with Crippen LogP contribution in [0.25, 0.3) is 11.1 Å². The lowest BCUT2D eigenvalue weighted by atomic mass is 10.00. The molecule has 0 spiro atoms. The first kappa shape index (κ1) is 53.8. The van der Waals surface area contributed by atoms with Crippen LogP contribution in [0.3, 0.4) is 0 Å². The standard InChI is InChI=1S/C35H46FN5O.3C2HF3O2/c1-25-20-39(15-14-37-25)22-29-8-6-10-31(16-29)33-18-28(12-13-34(33)36)19-38-35(42)32-11-7-9-30(17-32)23-40-21-27(3)41(4,5)24-26(40)2;3*3-2(4,5)1(6)7/h6-13,16-18,25-27,37H,14-15,19-24H2,1-5H3;3*(H,6,7)/p+1/t25-,26-,27+;;;/m0.../s1. The number of hydrogen-bond acceptors (Lipinski definition) is 7.